The summed E-state index contributed by atoms with van der Waals surface area (Å²) in [4.78, 5) is 4.32. The van der Waals surface area contributed by atoms with Crippen LogP contribution in [0.15, 0.2) is 47.1 Å². The van der Waals surface area contributed by atoms with Gasteiger partial charge in [-0.2, -0.15) is 0 Å². The molecule has 1 heterocycles. The largest absolute Gasteiger partial charge is 0.494 e. The van der Waals surface area contributed by atoms with Crippen molar-refractivity contribution in [2.45, 2.75) is 13.0 Å². The second-order valence-corrected chi connectivity index (χ2v) is 4.80. The topological polar surface area (TPSA) is 48.1 Å². The van der Waals surface area contributed by atoms with E-state index in [-0.39, 0.29) is 6.04 Å². The molecule has 0 amide bonds. The summed E-state index contributed by atoms with van der Waals surface area (Å²) in [5, 5.41) is 0. The summed E-state index contributed by atoms with van der Waals surface area (Å²) in [6.07, 6.45) is 1.75. The lowest BCUT2D eigenvalue weighted by molar-refractivity contribution is 0.340. The number of benzene rings is 1. The molecule has 1 atom stereocenters. The minimum atomic E-state index is -0.237. The molecule has 0 aliphatic carbocycles. The van der Waals surface area contributed by atoms with Crippen LogP contribution in [0.4, 0.5) is 0 Å². The minimum absolute atomic E-state index is 0.237. The number of nitrogens with two attached hydrogens (primary N) is 1. The Hall–Kier alpha value is -1.39. The number of ether oxygens (including phenoxy) is 1. The van der Waals surface area contributed by atoms with E-state index in [9.17, 15) is 0 Å². The average molecular weight is 307 g/mol. The molecule has 2 aromatic rings. The molecule has 2 N–H and O–H groups in total. The van der Waals surface area contributed by atoms with E-state index in [0.717, 1.165) is 21.5 Å². The molecule has 3 nitrogen and oxygen atoms in total. The van der Waals surface area contributed by atoms with Gasteiger partial charge in [0.1, 0.15) is 5.75 Å². The fourth-order valence-corrected chi connectivity index (χ4v) is 1.94. The van der Waals surface area contributed by atoms with Crippen LogP contribution in [0.2, 0.25) is 0 Å². The molecule has 18 heavy (non-hydrogen) atoms. The molecule has 2 rings (SSSR count). The second-order valence-electron chi connectivity index (χ2n) is 3.88. The summed E-state index contributed by atoms with van der Waals surface area (Å²) in [6, 6.07) is 11.4. The summed E-state index contributed by atoms with van der Waals surface area (Å²) in [5.41, 5.74) is 8.03. The molecule has 1 aromatic carbocycles. The fourth-order valence-electron chi connectivity index (χ4n) is 1.71. The third kappa shape index (κ3) is 3.09. The molecule has 1 unspecified atom stereocenters. The standard InChI is InChI=1S/C14H15BrN2O/c1-2-18-12-5-3-4-10(8-12)14(16)13-7-6-11(15)9-17-13/h3-9,14H,2,16H2,1H3. The van der Waals surface area contributed by atoms with Crippen molar-refractivity contribution in [1.82, 2.24) is 4.98 Å². The lowest BCUT2D eigenvalue weighted by Gasteiger charge is -2.13. The van der Waals surface area contributed by atoms with Gasteiger partial charge in [-0.3, -0.25) is 4.98 Å². The highest BCUT2D eigenvalue weighted by atomic mass is 79.9. The van der Waals surface area contributed by atoms with Crippen LogP contribution in [-0.4, -0.2) is 11.6 Å². The number of nitrogens with zero attached hydrogens (tertiary/aromatic N) is 1. The van der Waals surface area contributed by atoms with E-state index in [4.69, 9.17) is 10.5 Å². The maximum Gasteiger partial charge on any atom is 0.119 e. The van der Waals surface area contributed by atoms with Gasteiger partial charge in [0, 0.05) is 10.7 Å². The predicted molar refractivity (Wildman–Crippen MR) is 75.6 cm³/mol. The van der Waals surface area contributed by atoms with Gasteiger partial charge in [-0.05, 0) is 52.7 Å². The number of pyridine rings is 1. The summed E-state index contributed by atoms with van der Waals surface area (Å²) in [5.74, 6) is 0.836. The van der Waals surface area contributed by atoms with Crippen LogP contribution >= 0.6 is 15.9 Å². The Labute approximate surface area is 115 Å². The number of halogens is 1. The van der Waals surface area contributed by atoms with E-state index in [1.54, 1.807) is 6.20 Å². The number of aromatic nitrogens is 1. The molecule has 94 valence electrons. The smallest absolute Gasteiger partial charge is 0.119 e. The van der Waals surface area contributed by atoms with Crippen molar-refractivity contribution < 1.29 is 4.74 Å². The number of hydrogen-bond acceptors (Lipinski definition) is 3. The van der Waals surface area contributed by atoms with E-state index in [0.29, 0.717) is 6.61 Å². The maximum absolute atomic E-state index is 6.20. The molecule has 0 spiro atoms. The summed E-state index contributed by atoms with van der Waals surface area (Å²) < 4.78 is 6.41. The highest BCUT2D eigenvalue weighted by Crippen LogP contribution is 2.22. The zero-order valence-electron chi connectivity index (χ0n) is 10.1. The van der Waals surface area contributed by atoms with Gasteiger partial charge in [-0.15, -0.1) is 0 Å². The van der Waals surface area contributed by atoms with Gasteiger partial charge < -0.3 is 10.5 Å². The molecule has 0 saturated carbocycles. The molecule has 0 saturated heterocycles. The van der Waals surface area contributed by atoms with Gasteiger partial charge in [-0.25, -0.2) is 0 Å². The van der Waals surface area contributed by atoms with E-state index in [2.05, 4.69) is 20.9 Å². The molecule has 1 aromatic heterocycles. The van der Waals surface area contributed by atoms with Crippen molar-refractivity contribution in [1.29, 1.82) is 0 Å². The normalized spacial score (nSPS) is 12.2. The van der Waals surface area contributed by atoms with Crippen LogP contribution in [0.25, 0.3) is 0 Å². The van der Waals surface area contributed by atoms with Gasteiger partial charge >= 0.3 is 0 Å². The Kier molecular flexibility index (Phi) is 4.33. The van der Waals surface area contributed by atoms with E-state index < -0.39 is 0 Å². The monoisotopic (exact) mass is 306 g/mol. The van der Waals surface area contributed by atoms with Crippen molar-refractivity contribution >= 4 is 15.9 Å². The van der Waals surface area contributed by atoms with Crippen molar-refractivity contribution in [2.24, 2.45) is 5.73 Å². The van der Waals surface area contributed by atoms with Gasteiger partial charge in [0.15, 0.2) is 0 Å². The molecule has 0 bridgehead atoms. The predicted octanol–water partition coefficient (Wildman–Crippen LogP) is 3.29. The highest BCUT2D eigenvalue weighted by molar-refractivity contribution is 9.10. The SMILES string of the molecule is CCOc1cccc(C(N)c2ccc(Br)cn2)c1. The molecular formula is C14H15BrN2O. The molecule has 0 fully saturated rings. The van der Waals surface area contributed by atoms with E-state index >= 15 is 0 Å². The van der Waals surface area contributed by atoms with Gasteiger partial charge in [0.2, 0.25) is 0 Å². The first-order chi connectivity index (χ1) is 8.70. The summed E-state index contributed by atoms with van der Waals surface area (Å²) in [7, 11) is 0. The first kappa shape index (κ1) is 13.1. The van der Waals surface area contributed by atoms with Crippen molar-refractivity contribution in [3.8, 4) is 5.75 Å². The van der Waals surface area contributed by atoms with E-state index in [1.165, 1.54) is 0 Å². The molecule has 0 aliphatic heterocycles. The van der Waals surface area contributed by atoms with Crippen LogP contribution in [0.5, 0.6) is 5.75 Å². The van der Waals surface area contributed by atoms with E-state index in [1.807, 2.05) is 43.3 Å². The Morgan fingerprint density at radius 3 is 2.83 bits per heavy atom. The zero-order valence-corrected chi connectivity index (χ0v) is 11.7. The third-order valence-corrected chi connectivity index (χ3v) is 3.07. The summed E-state index contributed by atoms with van der Waals surface area (Å²) >= 11 is 3.36. The first-order valence-corrected chi connectivity index (χ1v) is 6.60. The van der Waals surface area contributed by atoms with Crippen LogP contribution < -0.4 is 10.5 Å². The Morgan fingerprint density at radius 2 is 2.17 bits per heavy atom. The quantitative estimate of drug-likeness (QED) is 0.943. The Balaban J connectivity index is 2.24. The van der Waals surface area contributed by atoms with Crippen molar-refractivity contribution in [3.63, 3.8) is 0 Å². The van der Waals surface area contributed by atoms with Crippen LogP contribution in [0.1, 0.15) is 24.2 Å². The minimum Gasteiger partial charge on any atom is -0.494 e. The van der Waals surface area contributed by atoms with Crippen LogP contribution in [0.3, 0.4) is 0 Å². The fraction of sp³-hybridized carbons (Fsp3) is 0.214. The van der Waals surface area contributed by atoms with Crippen LogP contribution in [0, 0.1) is 0 Å². The molecule has 0 aliphatic rings. The highest BCUT2D eigenvalue weighted by Gasteiger charge is 2.10. The van der Waals surface area contributed by atoms with Gasteiger partial charge in [0.25, 0.3) is 0 Å². The lowest BCUT2D eigenvalue weighted by atomic mass is 10.0. The maximum atomic E-state index is 6.20. The van der Waals surface area contributed by atoms with Crippen LogP contribution in [-0.2, 0) is 0 Å². The van der Waals surface area contributed by atoms with Gasteiger partial charge in [0.05, 0.1) is 18.3 Å². The number of rotatable bonds is 4. The van der Waals surface area contributed by atoms with Gasteiger partial charge in [-0.1, -0.05) is 12.1 Å². The zero-order chi connectivity index (χ0) is 13.0. The second kappa shape index (κ2) is 5.98. The molecule has 0 radical (unpaired) electrons. The lowest BCUT2D eigenvalue weighted by Crippen LogP contribution is -2.13. The average Bonchev–Trinajstić information content (AvgIpc) is 2.39. The molecular weight excluding hydrogens is 292 g/mol. The Morgan fingerprint density at radius 1 is 1.33 bits per heavy atom. The first-order valence-electron chi connectivity index (χ1n) is 5.80. The Bertz CT molecular complexity index is 513. The number of hydrogen-bond donors (Lipinski definition) is 1. The summed E-state index contributed by atoms with van der Waals surface area (Å²) in [6.45, 7) is 2.61. The molecule has 4 heteroatoms. The van der Waals surface area contributed by atoms with Crippen molar-refractivity contribution in [3.05, 3.63) is 58.3 Å². The third-order valence-electron chi connectivity index (χ3n) is 2.60. The van der Waals surface area contributed by atoms with Crippen molar-refractivity contribution in [2.75, 3.05) is 6.61 Å².